The van der Waals surface area contributed by atoms with Crippen molar-refractivity contribution in [3.05, 3.63) is 76.3 Å². The van der Waals surface area contributed by atoms with Crippen molar-refractivity contribution >= 4 is 5.95 Å². The zero-order chi connectivity index (χ0) is 21.9. The summed E-state index contributed by atoms with van der Waals surface area (Å²) < 4.78 is 7.77. The van der Waals surface area contributed by atoms with E-state index in [4.69, 9.17) is 9.72 Å². The molecule has 0 amide bonds. The number of hydrogen-bond donors (Lipinski definition) is 0. The van der Waals surface area contributed by atoms with Gasteiger partial charge >= 0.3 is 0 Å². The molecule has 7 heteroatoms. The minimum Gasteiger partial charge on any atom is -0.370 e. The Morgan fingerprint density at radius 1 is 1.06 bits per heavy atom. The molecule has 0 radical (unpaired) electrons. The maximum Gasteiger partial charge on any atom is 0.255 e. The van der Waals surface area contributed by atoms with Crippen molar-refractivity contribution < 1.29 is 4.74 Å². The summed E-state index contributed by atoms with van der Waals surface area (Å²) in [5.74, 6) is 0.672. The highest BCUT2D eigenvalue weighted by molar-refractivity contribution is 5.59. The number of benzene rings is 1. The highest BCUT2D eigenvalue weighted by Gasteiger charge is 2.25. The van der Waals surface area contributed by atoms with Crippen LogP contribution in [0.4, 0.5) is 5.95 Å². The number of pyridine rings is 1. The summed E-state index contributed by atoms with van der Waals surface area (Å²) in [6.07, 6.45) is 5.97. The van der Waals surface area contributed by atoms with Gasteiger partial charge in [-0.15, -0.1) is 0 Å². The van der Waals surface area contributed by atoms with Gasteiger partial charge in [0.05, 0.1) is 18.8 Å². The zero-order valence-electron chi connectivity index (χ0n) is 18.5. The van der Waals surface area contributed by atoms with E-state index in [1.807, 2.05) is 12.1 Å². The third kappa shape index (κ3) is 4.45. The molecule has 2 aliphatic rings. The Morgan fingerprint density at radius 2 is 1.88 bits per heavy atom. The van der Waals surface area contributed by atoms with E-state index in [0.29, 0.717) is 31.3 Å². The van der Waals surface area contributed by atoms with Crippen molar-refractivity contribution in [2.75, 3.05) is 37.7 Å². The van der Waals surface area contributed by atoms with E-state index in [9.17, 15) is 4.79 Å². The summed E-state index contributed by atoms with van der Waals surface area (Å²) in [7, 11) is 1.78. The van der Waals surface area contributed by atoms with Crippen molar-refractivity contribution in [2.45, 2.75) is 25.5 Å². The van der Waals surface area contributed by atoms with E-state index < -0.39 is 0 Å². The number of ether oxygens (including phenoxy) is 1. The van der Waals surface area contributed by atoms with Gasteiger partial charge in [-0.2, -0.15) is 0 Å². The summed E-state index contributed by atoms with van der Waals surface area (Å²) in [5, 5.41) is 0. The van der Waals surface area contributed by atoms with Crippen LogP contribution in [-0.4, -0.2) is 52.2 Å². The third-order valence-corrected chi connectivity index (χ3v) is 6.36. The van der Waals surface area contributed by atoms with Gasteiger partial charge in [0.15, 0.2) is 0 Å². The second kappa shape index (κ2) is 9.22. The molecule has 2 aromatic heterocycles. The average molecular weight is 432 g/mol. The van der Waals surface area contributed by atoms with Crippen molar-refractivity contribution in [3.8, 4) is 11.3 Å². The number of hydrogen-bond acceptors (Lipinski definition) is 6. The predicted molar refractivity (Wildman–Crippen MR) is 125 cm³/mol. The van der Waals surface area contributed by atoms with Crippen LogP contribution in [0.3, 0.4) is 0 Å². The molecule has 0 aliphatic carbocycles. The monoisotopic (exact) mass is 431 g/mol. The minimum absolute atomic E-state index is 0.0521. The maximum atomic E-state index is 12.7. The first-order valence-corrected chi connectivity index (χ1v) is 11.3. The molecule has 3 aromatic rings. The van der Waals surface area contributed by atoms with Gasteiger partial charge in [0, 0.05) is 44.2 Å². The summed E-state index contributed by atoms with van der Waals surface area (Å²) >= 11 is 0. The molecule has 0 saturated carbocycles. The van der Waals surface area contributed by atoms with Gasteiger partial charge in [-0.1, -0.05) is 24.3 Å². The Labute approximate surface area is 188 Å². The van der Waals surface area contributed by atoms with Crippen molar-refractivity contribution in [1.82, 2.24) is 19.4 Å². The zero-order valence-corrected chi connectivity index (χ0v) is 18.5. The Balaban J connectivity index is 1.39. The fourth-order valence-electron chi connectivity index (χ4n) is 4.60. The number of likely N-dealkylation sites (tertiary alicyclic amines) is 1. The average Bonchev–Trinajstić information content (AvgIpc) is 3.34. The molecule has 166 valence electrons. The SMILES string of the molecule is Cn1c(N2CCOC(c3cccc(CN4CCCC4)c3)C2)nc(-c2ccncc2)cc1=O. The number of morpholine rings is 1. The van der Waals surface area contributed by atoms with Gasteiger partial charge in [-0.25, -0.2) is 4.98 Å². The van der Waals surface area contributed by atoms with Crippen LogP contribution in [0.1, 0.15) is 30.1 Å². The van der Waals surface area contributed by atoms with E-state index in [-0.39, 0.29) is 11.7 Å². The third-order valence-electron chi connectivity index (χ3n) is 6.36. The van der Waals surface area contributed by atoms with Gasteiger partial charge in [-0.3, -0.25) is 19.2 Å². The van der Waals surface area contributed by atoms with Crippen LogP contribution in [0.2, 0.25) is 0 Å². The van der Waals surface area contributed by atoms with E-state index in [0.717, 1.165) is 12.1 Å². The molecule has 32 heavy (non-hydrogen) atoms. The van der Waals surface area contributed by atoms with Crippen LogP contribution in [-0.2, 0) is 18.3 Å². The van der Waals surface area contributed by atoms with Crippen molar-refractivity contribution in [3.63, 3.8) is 0 Å². The molecule has 0 spiro atoms. The Hall–Kier alpha value is -3.03. The smallest absolute Gasteiger partial charge is 0.255 e. The Kier molecular flexibility index (Phi) is 6.01. The summed E-state index contributed by atoms with van der Waals surface area (Å²) in [5.41, 5.74) is 3.99. The van der Waals surface area contributed by atoms with Crippen LogP contribution in [0, 0.1) is 0 Å². The number of nitrogens with zero attached hydrogens (tertiary/aromatic N) is 5. The van der Waals surface area contributed by atoms with Gasteiger partial charge in [-0.05, 0) is 49.2 Å². The molecule has 0 bridgehead atoms. The molecule has 2 saturated heterocycles. The molecule has 1 aromatic carbocycles. The minimum atomic E-state index is -0.0718. The number of rotatable bonds is 5. The van der Waals surface area contributed by atoms with Crippen molar-refractivity contribution in [1.29, 1.82) is 0 Å². The molecule has 0 N–H and O–H groups in total. The van der Waals surface area contributed by atoms with Gasteiger partial charge in [0.25, 0.3) is 5.56 Å². The maximum absolute atomic E-state index is 12.7. The topological polar surface area (TPSA) is 63.5 Å². The second-order valence-corrected chi connectivity index (χ2v) is 8.61. The molecule has 1 atom stereocenters. The van der Waals surface area contributed by atoms with E-state index in [1.54, 1.807) is 30.1 Å². The van der Waals surface area contributed by atoms with Crippen LogP contribution >= 0.6 is 0 Å². The first kappa shape index (κ1) is 20.8. The molecular weight excluding hydrogens is 402 g/mol. The first-order chi connectivity index (χ1) is 15.7. The summed E-state index contributed by atoms with van der Waals surface area (Å²) in [6.45, 7) is 5.32. The number of anilines is 1. The summed E-state index contributed by atoms with van der Waals surface area (Å²) in [4.78, 5) is 26.3. The first-order valence-electron chi connectivity index (χ1n) is 11.3. The molecule has 2 fully saturated rings. The highest BCUT2D eigenvalue weighted by Crippen LogP contribution is 2.27. The summed E-state index contributed by atoms with van der Waals surface area (Å²) in [6, 6.07) is 14.1. The Bertz CT molecular complexity index is 1120. The molecular formula is C25H29N5O2. The van der Waals surface area contributed by atoms with Crippen LogP contribution < -0.4 is 10.5 Å². The molecule has 1 unspecified atom stereocenters. The largest absolute Gasteiger partial charge is 0.370 e. The normalized spacial score (nSPS) is 19.4. The lowest BCUT2D eigenvalue weighted by atomic mass is 10.0. The Morgan fingerprint density at radius 3 is 2.69 bits per heavy atom. The van der Waals surface area contributed by atoms with Crippen LogP contribution in [0.5, 0.6) is 0 Å². The second-order valence-electron chi connectivity index (χ2n) is 8.61. The van der Waals surface area contributed by atoms with Gasteiger partial charge in [0.1, 0.15) is 6.10 Å². The van der Waals surface area contributed by atoms with E-state index >= 15 is 0 Å². The highest BCUT2D eigenvalue weighted by atomic mass is 16.5. The molecule has 5 rings (SSSR count). The lowest BCUT2D eigenvalue weighted by molar-refractivity contribution is 0.0389. The molecule has 4 heterocycles. The van der Waals surface area contributed by atoms with E-state index in [2.05, 4.69) is 39.0 Å². The molecule has 7 nitrogen and oxygen atoms in total. The fourth-order valence-corrected chi connectivity index (χ4v) is 4.60. The van der Waals surface area contributed by atoms with E-state index in [1.165, 1.54) is 37.1 Å². The number of aromatic nitrogens is 3. The molecule has 2 aliphatic heterocycles. The lowest BCUT2D eigenvalue weighted by Gasteiger charge is -2.34. The lowest BCUT2D eigenvalue weighted by Crippen LogP contribution is -2.41. The standard InChI is InChI=1S/C25H29N5O2/c1-28-24(31)16-22(20-7-9-26-10-8-20)27-25(28)30-13-14-32-23(18-30)21-6-4-5-19(15-21)17-29-11-2-3-12-29/h4-10,15-16,23H,2-3,11-14,17-18H2,1H3. The van der Waals surface area contributed by atoms with Gasteiger partial charge in [0.2, 0.25) is 5.95 Å². The fraction of sp³-hybridized carbons (Fsp3) is 0.400. The van der Waals surface area contributed by atoms with Crippen LogP contribution in [0.25, 0.3) is 11.3 Å². The predicted octanol–water partition coefficient (Wildman–Crippen LogP) is 3.02. The van der Waals surface area contributed by atoms with Crippen molar-refractivity contribution in [2.24, 2.45) is 7.05 Å². The van der Waals surface area contributed by atoms with Crippen LogP contribution in [0.15, 0.2) is 59.7 Å². The van der Waals surface area contributed by atoms with Gasteiger partial charge < -0.3 is 9.64 Å². The quantitative estimate of drug-likeness (QED) is 0.619.